The van der Waals surface area contributed by atoms with Gasteiger partial charge in [-0.1, -0.05) is 0 Å². The quantitative estimate of drug-likeness (QED) is 0.787. The van der Waals surface area contributed by atoms with Crippen LogP contribution >= 0.6 is 0 Å². The van der Waals surface area contributed by atoms with Crippen LogP contribution in [-0.2, 0) is 0 Å². The van der Waals surface area contributed by atoms with Crippen LogP contribution in [0.25, 0.3) is 22.6 Å². The normalized spacial score (nSPS) is 15.0. The van der Waals surface area contributed by atoms with Gasteiger partial charge in [0.05, 0.1) is 11.9 Å². The summed E-state index contributed by atoms with van der Waals surface area (Å²) in [6, 6.07) is 8.23. The Morgan fingerprint density at radius 1 is 1.00 bits per heavy atom. The van der Waals surface area contributed by atoms with Crippen molar-refractivity contribution in [2.45, 2.75) is 6.29 Å². The van der Waals surface area contributed by atoms with Crippen LogP contribution in [0.1, 0.15) is 0 Å². The first kappa shape index (κ1) is 12.8. The van der Waals surface area contributed by atoms with Gasteiger partial charge >= 0.3 is 6.29 Å². The van der Waals surface area contributed by atoms with Gasteiger partial charge < -0.3 is 14.5 Å². The van der Waals surface area contributed by atoms with Gasteiger partial charge in [-0.2, -0.15) is 0 Å². The molecule has 0 atom stereocenters. The summed E-state index contributed by atoms with van der Waals surface area (Å²) in [7, 11) is 0. The molecule has 0 aliphatic carbocycles. The van der Waals surface area contributed by atoms with Crippen LogP contribution in [-0.4, -0.2) is 21.2 Å². The molecule has 0 fully saturated rings. The Morgan fingerprint density at radius 3 is 2.68 bits per heavy atom. The zero-order chi connectivity index (χ0) is 15.2. The predicted molar refractivity (Wildman–Crippen MR) is 73.5 cm³/mol. The maximum absolute atomic E-state index is 13.0. The number of H-pyrrole nitrogens is 1. The first-order valence-electron chi connectivity index (χ1n) is 6.46. The number of imidazole rings is 1. The van der Waals surface area contributed by atoms with Crippen LogP contribution in [0.4, 0.5) is 8.78 Å². The Bertz CT molecular complexity index is 834. The summed E-state index contributed by atoms with van der Waals surface area (Å²) in [5.41, 5.74) is 2.29. The molecule has 110 valence electrons. The average Bonchev–Trinajstić information content (AvgIpc) is 3.10. The minimum atomic E-state index is -3.62. The maximum atomic E-state index is 13.0. The van der Waals surface area contributed by atoms with Gasteiger partial charge in [-0.05, 0) is 30.3 Å². The molecule has 1 N–H and O–H groups in total. The van der Waals surface area contributed by atoms with Gasteiger partial charge in [-0.3, -0.25) is 4.98 Å². The SMILES string of the molecule is FC1(F)Oc2ccc(-c3ncc(-c4cccnc4)[nH]3)cc2O1. The zero-order valence-corrected chi connectivity index (χ0v) is 11.1. The minimum absolute atomic E-state index is 0.00721. The molecule has 2 aromatic heterocycles. The number of ether oxygens (including phenoxy) is 2. The van der Waals surface area contributed by atoms with Crippen molar-refractivity contribution >= 4 is 0 Å². The highest BCUT2D eigenvalue weighted by Crippen LogP contribution is 2.42. The smallest absolute Gasteiger partial charge is 0.395 e. The van der Waals surface area contributed by atoms with Crippen molar-refractivity contribution in [2.75, 3.05) is 0 Å². The second-order valence-electron chi connectivity index (χ2n) is 4.72. The van der Waals surface area contributed by atoms with Gasteiger partial charge in [0.2, 0.25) is 0 Å². The average molecular weight is 301 g/mol. The van der Waals surface area contributed by atoms with Crippen molar-refractivity contribution < 1.29 is 18.3 Å². The number of benzene rings is 1. The second kappa shape index (κ2) is 4.52. The lowest BCUT2D eigenvalue weighted by Crippen LogP contribution is -2.25. The zero-order valence-electron chi connectivity index (χ0n) is 11.1. The van der Waals surface area contributed by atoms with E-state index in [0.717, 1.165) is 11.3 Å². The summed E-state index contributed by atoms with van der Waals surface area (Å²) in [6.07, 6.45) is 1.42. The van der Waals surface area contributed by atoms with E-state index in [-0.39, 0.29) is 11.5 Å². The highest BCUT2D eigenvalue weighted by Gasteiger charge is 2.43. The molecule has 0 radical (unpaired) electrons. The summed E-state index contributed by atoms with van der Waals surface area (Å²) in [6.45, 7) is 0. The van der Waals surface area contributed by atoms with E-state index in [4.69, 9.17) is 0 Å². The number of nitrogens with zero attached hydrogens (tertiary/aromatic N) is 2. The number of alkyl halides is 2. The lowest BCUT2D eigenvalue weighted by atomic mass is 10.2. The number of halogens is 2. The van der Waals surface area contributed by atoms with Crippen molar-refractivity contribution in [3.8, 4) is 34.1 Å². The molecular formula is C15H9F2N3O2. The van der Waals surface area contributed by atoms with Crippen molar-refractivity contribution in [3.63, 3.8) is 0 Å². The topological polar surface area (TPSA) is 60.0 Å². The number of hydrogen-bond acceptors (Lipinski definition) is 4. The molecule has 4 rings (SSSR count). The third-order valence-corrected chi connectivity index (χ3v) is 3.22. The number of fused-ring (bicyclic) bond motifs is 1. The number of nitrogens with one attached hydrogen (secondary N) is 1. The minimum Gasteiger partial charge on any atom is -0.395 e. The number of aromatic amines is 1. The summed E-state index contributed by atoms with van der Waals surface area (Å²) in [4.78, 5) is 11.4. The highest BCUT2D eigenvalue weighted by atomic mass is 19.3. The molecule has 0 spiro atoms. The van der Waals surface area contributed by atoms with Crippen LogP contribution in [0, 0.1) is 0 Å². The van der Waals surface area contributed by atoms with Crippen molar-refractivity contribution in [1.82, 2.24) is 15.0 Å². The molecule has 3 heterocycles. The fourth-order valence-corrected chi connectivity index (χ4v) is 2.23. The number of pyridine rings is 1. The Hall–Kier alpha value is -2.96. The predicted octanol–water partition coefficient (Wildman–Crippen LogP) is 3.46. The van der Waals surface area contributed by atoms with E-state index in [1.54, 1.807) is 24.7 Å². The monoisotopic (exact) mass is 301 g/mol. The first-order valence-corrected chi connectivity index (χ1v) is 6.46. The number of aromatic nitrogens is 3. The Labute approximate surface area is 123 Å². The molecule has 0 saturated heterocycles. The van der Waals surface area contributed by atoms with Crippen LogP contribution in [0.2, 0.25) is 0 Å². The molecule has 0 unspecified atom stereocenters. The molecule has 1 aliphatic rings. The van der Waals surface area contributed by atoms with E-state index in [1.165, 1.54) is 12.1 Å². The third-order valence-electron chi connectivity index (χ3n) is 3.22. The van der Waals surface area contributed by atoms with Crippen molar-refractivity contribution in [3.05, 3.63) is 48.9 Å². The van der Waals surface area contributed by atoms with Gasteiger partial charge in [0.1, 0.15) is 5.82 Å². The summed E-state index contributed by atoms with van der Waals surface area (Å²) >= 11 is 0. The maximum Gasteiger partial charge on any atom is 0.586 e. The molecule has 7 heteroatoms. The fourth-order valence-electron chi connectivity index (χ4n) is 2.23. The summed E-state index contributed by atoms with van der Waals surface area (Å²) < 4.78 is 34.8. The van der Waals surface area contributed by atoms with Crippen LogP contribution in [0.15, 0.2) is 48.9 Å². The lowest BCUT2D eigenvalue weighted by molar-refractivity contribution is -0.286. The van der Waals surface area contributed by atoms with Gasteiger partial charge in [0.15, 0.2) is 11.5 Å². The summed E-state index contributed by atoms with van der Waals surface area (Å²) in [5.74, 6) is 0.537. The molecule has 0 amide bonds. The van der Waals surface area contributed by atoms with E-state index in [0.29, 0.717) is 11.4 Å². The number of rotatable bonds is 2. The fraction of sp³-hybridized carbons (Fsp3) is 0.0667. The number of hydrogen-bond donors (Lipinski definition) is 1. The molecule has 0 saturated carbocycles. The van der Waals surface area contributed by atoms with E-state index < -0.39 is 6.29 Å². The molecule has 0 bridgehead atoms. The van der Waals surface area contributed by atoms with Gasteiger partial charge in [-0.25, -0.2) is 4.98 Å². The third kappa shape index (κ3) is 2.16. The van der Waals surface area contributed by atoms with Crippen molar-refractivity contribution in [1.29, 1.82) is 0 Å². The van der Waals surface area contributed by atoms with E-state index in [1.807, 2.05) is 12.1 Å². The summed E-state index contributed by atoms with van der Waals surface area (Å²) in [5, 5.41) is 0. The molecule has 1 aromatic carbocycles. The Morgan fingerprint density at radius 2 is 1.86 bits per heavy atom. The molecule has 5 nitrogen and oxygen atoms in total. The van der Waals surface area contributed by atoms with Gasteiger partial charge in [0.25, 0.3) is 0 Å². The molecule has 1 aliphatic heterocycles. The Kier molecular flexibility index (Phi) is 2.62. The molecule has 3 aromatic rings. The van der Waals surface area contributed by atoms with E-state index in [2.05, 4.69) is 24.4 Å². The largest absolute Gasteiger partial charge is 0.586 e. The Balaban J connectivity index is 1.68. The first-order chi connectivity index (χ1) is 10.6. The van der Waals surface area contributed by atoms with Crippen molar-refractivity contribution in [2.24, 2.45) is 0 Å². The van der Waals surface area contributed by atoms with Gasteiger partial charge in [0, 0.05) is 23.5 Å². The van der Waals surface area contributed by atoms with Crippen LogP contribution in [0.3, 0.4) is 0 Å². The van der Waals surface area contributed by atoms with E-state index >= 15 is 0 Å². The van der Waals surface area contributed by atoms with E-state index in [9.17, 15) is 8.78 Å². The highest BCUT2D eigenvalue weighted by molar-refractivity contribution is 5.66. The second-order valence-corrected chi connectivity index (χ2v) is 4.72. The van der Waals surface area contributed by atoms with Gasteiger partial charge in [-0.15, -0.1) is 8.78 Å². The van der Waals surface area contributed by atoms with Crippen LogP contribution < -0.4 is 9.47 Å². The lowest BCUT2D eigenvalue weighted by Gasteiger charge is -2.04. The molecular weight excluding hydrogens is 292 g/mol. The van der Waals surface area contributed by atoms with Crippen LogP contribution in [0.5, 0.6) is 11.5 Å². The molecule has 22 heavy (non-hydrogen) atoms. The standard InChI is InChI=1S/C15H9F2N3O2/c16-15(17)21-12-4-3-9(6-13(12)22-15)14-19-8-11(20-14)10-2-1-5-18-7-10/h1-8H,(H,19,20).